The van der Waals surface area contributed by atoms with Crippen molar-refractivity contribution in [2.45, 2.75) is 25.9 Å². The van der Waals surface area contributed by atoms with E-state index >= 15 is 0 Å². The SMILES string of the molecule is CC(c1nc2ccccc2c(=O)n1-c1ccc(F)cc1)N1CCN(C(=O)Nc2cccc(F)c2)C(C)C1. The first kappa shape index (κ1) is 24.6. The van der Waals surface area contributed by atoms with Gasteiger partial charge in [-0.1, -0.05) is 18.2 Å². The Balaban J connectivity index is 1.42. The molecule has 4 aromatic rings. The number of amides is 2. The van der Waals surface area contributed by atoms with Crippen molar-refractivity contribution in [1.82, 2.24) is 19.4 Å². The molecule has 0 bridgehead atoms. The second-order valence-electron chi connectivity index (χ2n) is 9.26. The van der Waals surface area contributed by atoms with Gasteiger partial charge >= 0.3 is 6.03 Å². The number of para-hydroxylation sites is 1. The summed E-state index contributed by atoms with van der Waals surface area (Å²) in [5.41, 5.74) is 1.30. The average molecular weight is 504 g/mol. The molecule has 1 N–H and O–H groups in total. The molecule has 0 radical (unpaired) electrons. The molecule has 1 aliphatic rings. The molecule has 0 aliphatic carbocycles. The van der Waals surface area contributed by atoms with Crippen molar-refractivity contribution in [3.8, 4) is 5.69 Å². The first-order valence-electron chi connectivity index (χ1n) is 12.2. The van der Waals surface area contributed by atoms with E-state index in [1.807, 2.05) is 19.9 Å². The smallest absolute Gasteiger partial charge is 0.319 e. The molecule has 1 saturated heterocycles. The number of carbonyl (C=O) groups is 1. The van der Waals surface area contributed by atoms with Crippen molar-refractivity contribution in [3.63, 3.8) is 0 Å². The van der Waals surface area contributed by atoms with Gasteiger partial charge in [-0.25, -0.2) is 18.6 Å². The number of piperazine rings is 1. The zero-order valence-corrected chi connectivity index (χ0v) is 20.6. The predicted molar refractivity (Wildman–Crippen MR) is 139 cm³/mol. The van der Waals surface area contributed by atoms with Crippen LogP contribution in [0.2, 0.25) is 0 Å². The van der Waals surface area contributed by atoms with Crippen LogP contribution in [0.5, 0.6) is 0 Å². The summed E-state index contributed by atoms with van der Waals surface area (Å²) in [7, 11) is 0. The second-order valence-corrected chi connectivity index (χ2v) is 9.26. The third kappa shape index (κ3) is 4.95. The molecule has 0 spiro atoms. The number of hydrogen-bond donors (Lipinski definition) is 1. The number of nitrogens with one attached hydrogen (secondary N) is 1. The third-order valence-corrected chi connectivity index (χ3v) is 6.80. The minimum absolute atomic E-state index is 0.142. The zero-order valence-electron chi connectivity index (χ0n) is 20.6. The molecular weight excluding hydrogens is 476 g/mol. The summed E-state index contributed by atoms with van der Waals surface area (Å²) >= 11 is 0. The highest BCUT2D eigenvalue weighted by Crippen LogP contribution is 2.26. The Labute approximate surface area is 213 Å². The molecule has 37 heavy (non-hydrogen) atoms. The number of carbonyl (C=O) groups excluding carboxylic acids is 1. The van der Waals surface area contributed by atoms with Crippen LogP contribution in [0.1, 0.15) is 25.7 Å². The topological polar surface area (TPSA) is 70.5 Å². The van der Waals surface area contributed by atoms with Crippen LogP contribution in [0, 0.1) is 11.6 Å². The number of rotatable bonds is 4. The molecule has 1 aliphatic heterocycles. The predicted octanol–water partition coefficient (Wildman–Crippen LogP) is 4.96. The number of fused-ring (bicyclic) bond motifs is 1. The molecule has 5 rings (SSSR count). The molecule has 2 heterocycles. The highest BCUT2D eigenvalue weighted by molar-refractivity contribution is 5.89. The van der Waals surface area contributed by atoms with E-state index in [0.717, 1.165) is 0 Å². The molecule has 2 atom stereocenters. The number of benzene rings is 3. The summed E-state index contributed by atoms with van der Waals surface area (Å²) in [6, 6.07) is 18.0. The van der Waals surface area contributed by atoms with E-state index in [9.17, 15) is 18.4 Å². The van der Waals surface area contributed by atoms with Crippen LogP contribution < -0.4 is 10.9 Å². The first-order chi connectivity index (χ1) is 17.8. The Morgan fingerprint density at radius 2 is 1.76 bits per heavy atom. The summed E-state index contributed by atoms with van der Waals surface area (Å²) in [5, 5.41) is 3.24. The van der Waals surface area contributed by atoms with E-state index in [1.54, 1.807) is 51.9 Å². The van der Waals surface area contributed by atoms with Crippen LogP contribution in [-0.2, 0) is 0 Å². The molecule has 3 aromatic carbocycles. The Morgan fingerprint density at radius 1 is 1.00 bits per heavy atom. The van der Waals surface area contributed by atoms with E-state index in [1.165, 1.54) is 24.3 Å². The quantitative estimate of drug-likeness (QED) is 0.427. The van der Waals surface area contributed by atoms with Crippen LogP contribution in [-0.4, -0.2) is 51.1 Å². The van der Waals surface area contributed by atoms with Crippen molar-refractivity contribution >= 4 is 22.6 Å². The van der Waals surface area contributed by atoms with Crippen molar-refractivity contribution in [2.75, 3.05) is 25.0 Å². The van der Waals surface area contributed by atoms with Gasteiger partial charge in [-0.15, -0.1) is 0 Å². The van der Waals surface area contributed by atoms with Crippen LogP contribution in [0.3, 0.4) is 0 Å². The average Bonchev–Trinajstić information content (AvgIpc) is 2.89. The van der Waals surface area contributed by atoms with Gasteiger partial charge in [0, 0.05) is 31.4 Å². The van der Waals surface area contributed by atoms with Gasteiger partial charge in [-0.05, 0) is 68.4 Å². The fraction of sp³-hybridized carbons (Fsp3) is 0.250. The fourth-order valence-electron chi connectivity index (χ4n) is 4.83. The Hall–Kier alpha value is -4.11. The van der Waals surface area contributed by atoms with Gasteiger partial charge in [0.1, 0.15) is 17.5 Å². The molecule has 2 amide bonds. The monoisotopic (exact) mass is 503 g/mol. The van der Waals surface area contributed by atoms with E-state index < -0.39 is 5.82 Å². The van der Waals surface area contributed by atoms with E-state index in [4.69, 9.17) is 4.98 Å². The summed E-state index contributed by atoms with van der Waals surface area (Å²) in [6.07, 6.45) is 0. The molecule has 0 saturated carbocycles. The number of aromatic nitrogens is 2. The Morgan fingerprint density at radius 3 is 2.49 bits per heavy atom. The number of hydrogen-bond acceptors (Lipinski definition) is 4. The maximum atomic E-state index is 13.6. The minimum Gasteiger partial charge on any atom is -0.319 e. The highest BCUT2D eigenvalue weighted by atomic mass is 19.1. The first-order valence-corrected chi connectivity index (χ1v) is 12.2. The number of nitrogens with zero attached hydrogens (tertiary/aromatic N) is 4. The highest BCUT2D eigenvalue weighted by Gasteiger charge is 2.32. The van der Waals surface area contributed by atoms with Gasteiger partial charge in [-0.3, -0.25) is 14.3 Å². The van der Waals surface area contributed by atoms with Crippen LogP contribution in [0.15, 0.2) is 77.6 Å². The Kier molecular flexibility index (Phi) is 6.71. The second kappa shape index (κ2) is 10.1. The lowest BCUT2D eigenvalue weighted by atomic mass is 10.1. The minimum atomic E-state index is -0.417. The van der Waals surface area contributed by atoms with Gasteiger partial charge in [-0.2, -0.15) is 0 Å². The molecule has 2 unspecified atom stereocenters. The van der Waals surface area contributed by atoms with E-state index in [-0.39, 0.29) is 29.5 Å². The number of urea groups is 1. The lowest BCUT2D eigenvalue weighted by Gasteiger charge is -2.42. The van der Waals surface area contributed by atoms with Crippen LogP contribution in [0.4, 0.5) is 19.3 Å². The van der Waals surface area contributed by atoms with E-state index in [0.29, 0.717) is 47.7 Å². The largest absolute Gasteiger partial charge is 0.322 e. The molecule has 1 aromatic heterocycles. The third-order valence-electron chi connectivity index (χ3n) is 6.80. The molecule has 9 heteroatoms. The van der Waals surface area contributed by atoms with Crippen molar-refractivity contribution in [2.24, 2.45) is 0 Å². The summed E-state index contributed by atoms with van der Waals surface area (Å²) in [5.74, 6) is -0.263. The van der Waals surface area contributed by atoms with E-state index in [2.05, 4.69) is 10.2 Å². The van der Waals surface area contributed by atoms with Gasteiger partial charge in [0.25, 0.3) is 5.56 Å². The summed E-state index contributed by atoms with van der Waals surface area (Å²) in [6.45, 7) is 5.47. The molecular formula is C28H27F2N5O2. The molecule has 1 fully saturated rings. The number of anilines is 1. The maximum Gasteiger partial charge on any atom is 0.322 e. The standard InChI is InChI=1S/C28H27F2N5O2/c1-18-17-33(14-15-34(18)28(37)31-22-7-5-6-21(30)16-22)19(2)26-32-25-9-4-3-8-24(25)27(36)35(26)23-12-10-20(29)11-13-23/h3-13,16,18-19H,14-15,17H2,1-2H3,(H,31,37). The van der Waals surface area contributed by atoms with Crippen LogP contribution in [0.25, 0.3) is 16.6 Å². The lowest BCUT2D eigenvalue weighted by Crippen LogP contribution is -2.55. The van der Waals surface area contributed by atoms with Crippen LogP contribution >= 0.6 is 0 Å². The van der Waals surface area contributed by atoms with Gasteiger partial charge in [0.2, 0.25) is 0 Å². The number of halogens is 2. The maximum absolute atomic E-state index is 13.6. The summed E-state index contributed by atoms with van der Waals surface area (Å²) in [4.78, 5) is 35.2. The van der Waals surface area contributed by atoms with Gasteiger partial charge < -0.3 is 10.2 Å². The lowest BCUT2D eigenvalue weighted by molar-refractivity contribution is 0.0801. The Bertz CT molecular complexity index is 1500. The van der Waals surface area contributed by atoms with Gasteiger partial charge in [0.05, 0.1) is 22.6 Å². The normalized spacial score (nSPS) is 17.1. The zero-order chi connectivity index (χ0) is 26.1. The summed E-state index contributed by atoms with van der Waals surface area (Å²) < 4.78 is 28.7. The fourth-order valence-corrected chi connectivity index (χ4v) is 4.83. The van der Waals surface area contributed by atoms with Crippen molar-refractivity contribution in [3.05, 3.63) is 101 Å². The molecule has 190 valence electrons. The van der Waals surface area contributed by atoms with Crippen molar-refractivity contribution < 1.29 is 13.6 Å². The van der Waals surface area contributed by atoms with Crippen molar-refractivity contribution in [1.29, 1.82) is 0 Å². The molecule has 7 nitrogen and oxygen atoms in total. The van der Waals surface area contributed by atoms with Gasteiger partial charge in [0.15, 0.2) is 0 Å².